The molecule has 13 nitrogen and oxygen atoms in total. The van der Waals surface area contributed by atoms with Gasteiger partial charge >= 0.3 is 5.97 Å². The summed E-state index contributed by atoms with van der Waals surface area (Å²) >= 11 is 0. The molecular formula is C36H58N2O11. The molecule has 2 aliphatic heterocycles. The van der Waals surface area contributed by atoms with Crippen LogP contribution in [0.4, 0.5) is 0 Å². The van der Waals surface area contributed by atoms with Crippen LogP contribution in [0.1, 0.15) is 78.7 Å². The first-order valence-electron chi connectivity index (χ1n) is 17.6. The fourth-order valence-electron chi connectivity index (χ4n) is 6.41. The minimum absolute atomic E-state index is 0.0491. The lowest BCUT2D eigenvalue weighted by molar-refractivity contribution is -0.310. The van der Waals surface area contributed by atoms with Crippen molar-refractivity contribution in [3.05, 3.63) is 35.9 Å². The summed E-state index contributed by atoms with van der Waals surface area (Å²) < 4.78 is 17.3. The van der Waals surface area contributed by atoms with Gasteiger partial charge in [-0.1, -0.05) is 70.9 Å². The molecule has 3 rings (SSSR count). The number of likely N-dealkylation sites (N-methyl/N-ethyl adjacent to an activating group) is 1. The normalized spacial score (nSPS) is 33.3. The number of nitrogens with one attached hydrogen (secondary N) is 1. The molecule has 2 heterocycles. The van der Waals surface area contributed by atoms with Crippen LogP contribution in [0, 0.1) is 17.8 Å². The van der Waals surface area contributed by atoms with Gasteiger partial charge in [0.25, 0.3) is 0 Å². The number of aliphatic hydroxyl groups excluding tert-OH is 5. The van der Waals surface area contributed by atoms with E-state index in [9.17, 15) is 39.9 Å². The third-order valence-corrected chi connectivity index (χ3v) is 9.78. The number of hydrogen-bond acceptors (Lipinski definition) is 11. The summed E-state index contributed by atoms with van der Waals surface area (Å²) in [7, 11) is 1.57. The van der Waals surface area contributed by atoms with Crippen molar-refractivity contribution in [1.82, 2.24) is 10.2 Å². The molecule has 2 fully saturated rings. The second-order valence-corrected chi connectivity index (χ2v) is 14.3. The van der Waals surface area contributed by atoms with Gasteiger partial charge in [0.15, 0.2) is 6.29 Å². The van der Waals surface area contributed by atoms with Gasteiger partial charge in [-0.25, -0.2) is 4.79 Å². The summed E-state index contributed by atoms with van der Waals surface area (Å²) in [5.41, 5.74) is 0.849. The first kappa shape index (κ1) is 40.8. The van der Waals surface area contributed by atoms with Gasteiger partial charge in [-0.3, -0.25) is 9.59 Å². The van der Waals surface area contributed by atoms with Crippen molar-refractivity contribution in [3.63, 3.8) is 0 Å². The molecule has 1 aromatic carbocycles. The largest absolute Gasteiger partial charge is 0.460 e. The number of rotatable bonds is 13. The molecule has 278 valence electrons. The SMILES string of the molecule is CC(C)C[C@H]1C(=O)O[C@H]([C@@H](C)CCCC[C@@H](C)O[C@@H]2O[C@H](CO)[C@@H](O)[C@H](O)[C@@H]2O)C[C@@H](O)[C@@H](C)C(=O)N[C@H](Cc2ccccc2)C(=O)N1C. The van der Waals surface area contributed by atoms with Crippen LogP contribution in [0.15, 0.2) is 30.3 Å². The number of nitrogens with zero attached hydrogens (tertiary/aromatic N) is 1. The van der Waals surface area contributed by atoms with Crippen molar-refractivity contribution in [2.45, 2.75) is 141 Å². The van der Waals surface area contributed by atoms with Crippen molar-refractivity contribution >= 4 is 17.8 Å². The maximum atomic E-state index is 13.9. The summed E-state index contributed by atoms with van der Waals surface area (Å²) in [6, 6.07) is 7.49. The third-order valence-electron chi connectivity index (χ3n) is 9.78. The van der Waals surface area contributed by atoms with Gasteiger partial charge in [-0.2, -0.15) is 0 Å². The molecule has 0 radical (unpaired) electrons. The zero-order chi connectivity index (χ0) is 36.4. The number of hydrogen-bond donors (Lipinski definition) is 6. The zero-order valence-electron chi connectivity index (χ0n) is 29.7. The minimum atomic E-state index is -1.52. The van der Waals surface area contributed by atoms with Crippen LogP contribution < -0.4 is 5.32 Å². The third kappa shape index (κ3) is 11.4. The minimum Gasteiger partial charge on any atom is -0.460 e. The van der Waals surface area contributed by atoms with Crippen LogP contribution in [0.2, 0.25) is 0 Å². The Bertz CT molecular complexity index is 1180. The van der Waals surface area contributed by atoms with Crippen molar-refractivity contribution in [3.8, 4) is 0 Å². The van der Waals surface area contributed by atoms with E-state index in [-0.39, 0.29) is 30.8 Å². The second-order valence-electron chi connectivity index (χ2n) is 14.3. The number of cyclic esters (lactones) is 1. The number of benzene rings is 1. The lowest BCUT2D eigenvalue weighted by Crippen LogP contribution is -2.59. The molecule has 0 aromatic heterocycles. The molecule has 49 heavy (non-hydrogen) atoms. The van der Waals surface area contributed by atoms with Crippen LogP contribution in [0.25, 0.3) is 0 Å². The molecule has 13 heteroatoms. The molecule has 6 N–H and O–H groups in total. The van der Waals surface area contributed by atoms with Crippen LogP contribution in [0.5, 0.6) is 0 Å². The van der Waals surface area contributed by atoms with Gasteiger partial charge in [0.2, 0.25) is 11.8 Å². The molecule has 2 saturated heterocycles. The Labute approximate surface area is 289 Å². The smallest absolute Gasteiger partial charge is 0.329 e. The van der Waals surface area contributed by atoms with Gasteiger partial charge < -0.3 is 50.0 Å². The number of carbonyl (C=O) groups excluding carboxylic acids is 3. The molecule has 12 atom stereocenters. The Hall–Kier alpha value is -2.65. The maximum absolute atomic E-state index is 13.9. The summed E-state index contributed by atoms with van der Waals surface area (Å²) in [6.45, 7) is 8.69. The average molecular weight is 695 g/mol. The monoisotopic (exact) mass is 694 g/mol. The maximum Gasteiger partial charge on any atom is 0.329 e. The fourth-order valence-corrected chi connectivity index (χ4v) is 6.41. The molecule has 0 aliphatic carbocycles. The molecular weight excluding hydrogens is 636 g/mol. The van der Waals surface area contributed by atoms with E-state index in [0.29, 0.717) is 32.1 Å². The average Bonchev–Trinajstić information content (AvgIpc) is 3.07. The molecule has 0 bridgehead atoms. The van der Waals surface area contributed by atoms with Crippen LogP contribution in [-0.4, -0.2) is 123 Å². The Balaban J connectivity index is 1.68. The first-order valence-corrected chi connectivity index (χ1v) is 17.6. The van der Waals surface area contributed by atoms with Crippen molar-refractivity contribution in [2.24, 2.45) is 17.8 Å². The van der Waals surface area contributed by atoms with Crippen molar-refractivity contribution < 1.29 is 54.1 Å². The number of ether oxygens (including phenoxy) is 3. The number of carbonyl (C=O) groups is 3. The molecule has 1 aromatic rings. The first-order chi connectivity index (χ1) is 23.1. The van der Waals surface area contributed by atoms with Crippen molar-refractivity contribution in [1.29, 1.82) is 0 Å². The number of esters is 1. The highest BCUT2D eigenvalue weighted by Gasteiger charge is 2.44. The zero-order valence-corrected chi connectivity index (χ0v) is 29.7. The molecule has 2 aliphatic rings. The van der Waals surface area contributed by atoms with Gasteiger partial charge in [0, 0.05) is 19.9 Å². The predicted molar refractivity (Wildman–Crippen MR) is 180 cm³/mol. The van der Waals surface area contributed by atoms with E-state index >= 15 is 0 Å². The Kier molecular flexibility index (Phi) is 15.9. The van der Waals surface area contributed by atoms with Crippen LogP contribution in [-0.2, 0) is 35.0 Å². The summed E-state index contributed by atoms with van der Waals surface area (Å²) in [4.78, 5) is 42.4. The summed E-state index contributed by atoms with van der Waals surface area (Å²) in [6.07, 6.45) is -5.70. The second kappa shape index (κ2) is 19.1. The molecule has 2 amide bonds. The van der Waals surface area contributed by atoms with Crippen molar-refractivity contribution in [2.75, 3.05) is 13.7 Å². The van der Waals surface area contributed by atoms with Gasteiger partial charge in [0.1, 0.15) is 42.6 Å². The lowest BCUT2D eigenvalue weighted by atomic mass is 9.89. The number of aliphatic hydroxyl groups is 5. The van der Waals surface area contributed by atoms with E-state index in [1.807, 2.05) is 51.1 Å². The van der Waals surface area contributed by atoms with Crippen LogP contribution >= 0.6 is 0 Å². The predicted octanol–water partition coefficient (Wildman–Crippen LogP) is 1.30. The van der Waals surface area contributed by atoms with Gasteiger partial charge in [-0.05, 0) is 43.6 Å². The van der Waals surface area contributed by atoms with Gasteiger partial charge in [0.05, 0.1) is 24.7 Å². The number of unbranched alkanes of at least 4 members (excludes halogenated alkanes) is 1. The van der Waals surface area contributed by atoms with E-state index in [1.54, 1.807) is 20.9 Å². The Morgan fingerprint density at radius 1 is 0.959 bits per heavy atom. The number of amides is 2. The highest BCUT2D eigenvalue weighted by atomic mass is 16.7. The lowest BCUT2D eigenvalue weighted by Gasteiger charge is -2.40. The molecule has 0 unspecified atom stereocenters. The van der Waals surface area contributed by atoms with E-state index in [1.165, 1.54) is 4.90 Å². The standard InChI is InChI=1S/C36H58N2O11/c1-20(2)16-26-35(46)48-28(21(3)12-10-11-13-22(4)47-36-32(43)31(42)30(41)29(19-39)49-36)18-27(40)23(5)33(44)37-25(34(45)38(26)6)17-24-14-8-7-9-15-24/h7-9,14-15,20-23,25-32,36,39-43H,10-13,16-19H2,1-6H3,(H,37,44)/t21-,22+,23+,25+,26-,27+,28-,29+,30+,31-,32-,36+/m0/s1. The molecule has 0 saturated carbocycles. The van der Waals surface area contributed by atoms with Gasteiger partial charge in [-0.15, -0.1) is 0 Å². The highest BCUT2D eigenvalue weighted by Crippen LogP contribution is 2.27. The summed E-state index contributed by atoms with van der Waals surface area (Å²) in [5, 5.41) is 53.8. The Morgan fingerprint density at radius 3 is 2.24 bits per heavy atom. The van der Waals surface area contributed by atoms with Crippen LogP contribution in [0.3, 0.4) is 0 Å². The summed E-state index contributed by atoms with van der Waals surface area (Å²) in [5.74, 6) is -2.40. The van der Waals surface area contributed by atoms with E-state index < -0.39 is 85.3 Å². The Morgan fingerprint density at radius 2 is 1.61 bits per heavy atom. The van der Waals surface area contributed by atoms with E-state index in [4.69, 9.17) is 14.2 Å². The molecule has 0 spiro atoms. The fraction of sp³-hybridized carbons (Fsp3) is 0.750. The highest BCUT2D eigenvalue weighted by molar-refractivity contribution is 5.91. The van der Waals surface area contributed by atoms with E-state index in [2.05, 4.69) is 5.32 Å². The topological polar surface area (TPSA) is 195 Å². The quantitative estimate of drug-likeness (QED) is 0.129. The van der Waals surface area contributed by atoms with E-state index in [0.717, 1.165) is 5.56 Å².